The Balaban J connectivity index is 2.55. The number of benzene rings is 1. The second-order valence-electron chi connectivity index (χ2n) is 7.24. The maximum atomic E-state index is 13.8. The lowest BCUT2D eigenvalue weighted by Crippen LogP contribution is -2.33. The van der Waals surface area contributed by atoms with E-state index in [2.05, 4.69) is 10.2 Å². The van der Waals surface area contributed by atoms with E-state index in [1.807, 2.05) is 0 Å². The number of alkyl halides is 3. The van der Waals surface area contributed by atoms with Gasteiger partial charge in [0.25, 0.3) is 5.56 Å². The lowest BCUT2D eigenvalue weighted by molar-refractivity contribution is -0.137. The molecule has 2 rings (SSSR count). The number of nitriles is 1. The summed E-state index contributed by atoms with van der Waals surface area (Å²) in [5.74, 6) is -1.21. The monoisotopic (exact) mass is 547 g/mol. The highest BCUT2D eigenvalue weighted by atomic mass is 32.2. The third-order valence-corrected chi connectivity index (χ3v) is 6.93. The van der Waals surface area contributed by atoms with Crippen molar-refractivity contribution in [3.8, 4) is 11.9 Å². The van der Waals surface area contributed by atoms with E-state index in [0.717, 1.165) is 28.6 Å². The van der Waals surface area contributed by atoms with Crippen LogP contribution in [0.15, 0.2) is 44.2 Å². The van der Waals surface area contributed by atoms with Crippen molar-refractivity contribution < 1.29 is 41.6 Å². The molecule has 202 valence electrons. The van der Waals surface area contributed by atoms with E-state index in [1.165, 1.54) is 6.07 Å². The molecule has 0 amide bonds. The first kappa shape index (κ1) is 29.9. The Hall–Kier alpha value is -3.36. The zero-order chi connectivity index (χ0) is 27.8. The number of aliphatic hydroxyl groups excluding tert-OH is 2. The number of hydrogen-bond acceptors (Lipinski definition) is 10. The molecule has 37 heavy (non-hydrogen) atoms. The summed E-state index contributed by atoms with van der Waals surface area (Å²) in [6.45, 7) is -0.0763. The fourth-order valence-corrected chi connectivity index (χ4v) is 4.64. The summed E-state index contributed by atoms with van der Waals surface area (Å²) in [5.41, 5.74) is -5.81. The molecule has 12 nitrogen and oxygen atoms in total. The Morgan fingerprint density at radius 2 is 1.78 bits per heavy atom. The van der Waals surface area contributed by atoms with Crippen molar-refractivity contribution in [3.63, 3.8) is 0 Å². The Morgan fingerprint density at radius 1 is 1.14 bits per heavy atom. The van der Waals surface area contributed by atoms with Crippen molar-refractivity contribution in [2.45, 2.75) is 24.5 Å². The first-order chi connectivity index (χ1) is 17.4. The van der Waals surface area contributed by atoms with E-state index in [-0.39, 0.29) is 43.5 Å². The van der Waals surface area contributed by atoms with Gasteiger partial charge < -0.3 is 20.1 Å². The lowest BCUT2D eigenvalue weighted by Gasteiger charge is -2.19. The largest absolute Gasteiger partial charge is 0.493 e. The number of aromatic nitrogens is 1. The van der Waals surface area contributed by atoms with Crippen LogP contribution < -0.4 is 5.56 Å². The van der Waals surface area contributed by atoms with E-state index in [9.17, 15) is 36.8 Å². The fourth-order valence-electron chi connectivity index (χ4n) is 3.20. The maximum absolute atomic E-state index is 13.8. The molecule has 0 fully saturated rings. The van der Waals surface area contributed by atoms with E-state index in [1.54, 1.807) is 6.92 Å². The van der Waals surface area contributed by atoms with Gasteiger partial charge in [-0.15, -0.1) is 5.11 Å². The summed E-state index contributed by atoms with van der Waals surface area (Å²) in [6, 6.07) is 5.76. The molecule has 0 saturated heterocycles. The van der Waals surface area contributed by atoms with Crippen molar-refractivity contribution in [2.24, 2.45) is 10.2 Å². The summed E-state index contributed by atoms with van der Waals surface area (Å²) >= 11 is 0. The number of hydrogen-bond donors (Lipinski definition) is 3. The van der Waals surface area contributed by atoms with E-state index in [4.69, 9.17) is 14.9 Å². The fraction of sp³-hybridized carbons (Fsp3) is 0.429. The predicted octanol–water partition coefficient (Wildman–Crippen LogP) is 1.87. The van der Waals surface area contributed by atoms with E-state index in [0.29, 0.717) is 4.57 Å². The van der Waals surface area contributed by atoms with Crippen LogP contribution in [0.5, 0.6) is 5.88 Å². The van der Waals surface area contributed by atoms with E-state index < -0.39 is 57.6 Å². The van der Waals surface area contributed by atoms with Gasteiger partial charge in [-0.1, -0.05) is 6.92 Å². The van der Waals surface area contributed by atoms with Gasteiger partial charge in [0.2, 0.25) is 15.9 Å². The van der Waals surface area contributed by atoms with Gasteiger partial charge in [-0.25, -0.2) is 8.42 Å². The van der Waals surface area contributed by atoms with Crippen LogP contribution in [0.1, 0.15) is 18.1 Å². The highest BCUT2D eigenvalue weighted by Gasteiger charge is 2.41. The summed E-state index contributed by atoms with van der Waals surface area (Å²) in [4.78, 5) is 12.3. The molecule has 0 aliphatic carbocycles. The van der Waals surface area contributed by atoms with Gasteiger partial charge in [0, 0.05) is 13.1 Å². The number of aromatic hydroxyl groups is 1. The number of sulfonamides is 1. The number of pyridine rings is 1. The molecule has 1 heterocycles. The topological polar surface area (TPSA) is 178 Å². The molecule has 1 aromatic heterocycles. The zero-order valence-electron chi connectivity index (χ0n) is 19.5. The van der Waals surface area contributed by atoms with Gasteiger partial charge in [-0.05, 0) is 24.3 Å². The molecule has 1 aromatic carbocycles. The predicted molar refractivity (Wildman–Crippen MR) is 122 cm³/mol. The van der Waals surface area contributed by atoms with Gasteiger partial charge in [0.1, 0.15) is 17.2 Å². The molecular formula is C21H24F3N5O7S. The van der Waals surface area contributed by atoms with Gasteiger partial charge in [-0.2, -0.15) is 27.9 Å². The van der Waals surface area contributed by atoms with Gasteiger partial charge in [0.05, 0.1) is 43.6 Å². The number of nitrogens with zero attached hydrogens (tertiary/aromatic N) is 5. The van der Waals surface area contributed by atoms with Crippen LogP contribution in [0.25, 0.3) is 0 Å². The van der Waals surface area contributed by atoms with Crippen LogP contribution >= 0.6 is 0 Å². The summed E-state index contributed by atoms with van der Waals surface area (Å²) < 4.78 is 73.0. The highest BCUT2D eigenvalue weighted by Crippen LogP contribution is 2.42. The second kappa shape index (κ2) is 12.7. The molecule has 0 atom stereocenters. The second-order valence-corrected chi connectivity index (χ2v) is 9.18. The van der Waals surface area contributed by atoms with Crippen molar-refractivity contribution >= 4 is 21.4 Å². The number of halogens is 3. The maximum Gasteiger partial charge on any atom is 0.420 e. The zero-order valence-corrected chi connectivity index (χ0v) is 20.3. The van der Waals surface area contributed by atoms with Crippen molar-refractivity contribution in [1.82, 2.24) is 8.87 Å². The van der Waals surface area contributed by atoms with Gasteiger partial charge >= 0.3 is 6.18 Å². The summed E-state index contributed by atoms with van der Waals surface area (Å²) in [7, 11) is -3.95. The number of azo groups is 1. The molecule has 0 saturated carbocycles. The highest BCUT2D eigenvalue weighted by molar-refractivity contribution is 7.89. The third-order valence-electron chi connectivity index (χ3n) is 4.95. The van der Waals surface area contributed by atoms with Gasteiger partial charge in [0.15, 0.2) is 5.69 Å². The summed E-state index contributed by atoms with van der Waals surface area (Å²) in [5, 5.41) is 44.6. The molecule has 0 bridgehead atoms. The average molecular weight is 548 g/mol. The Kier molecular flexibility index (Phi) is 10.3. The minimum absolute atomic E-state index is 0.0891. The van der Waals surface area contributed by atoms with Crippen LogP contribution in [0, 0.1) is 11.3 Å². The normalized spacial score (nSPS) is 12.4. The smallest absolute Gasteiger partial charge is 0.420 e. The molecule has 0 unspecified atom stereocenters. The van der Waals surface area contributed by atoms with Crippen LogP contribution in [-0.2, 0) is 27.5 Å². The summed E-state index contributed by atoms with van der Waals surface area (Å²) in [6.07, 6.45) is -5.25. The van der Waals surface area contributed by atoms with Crippen LogP contribution in [0.4, 0.5) is 24.5 Å². The quantitative estimate of drug-likeness (QED) is 0.266. The lowest BCUT2D eigenvalue weighted by atomic mass is 10.1. The van der Waals surface area contributed by atoms with Crippen molar-refractivity contribution in [1.29, 1.82) is 5.26 Å². The number of aliphatic hydroxyl groups is 2. The third kappa shape index (κ3) is 6.90. The van der Waals surface area contributed by atoms with Crippen LogP contribution in [0.2, 0.25) is 0 Å². The standard InChI is InChI=1S/C21H24F3N5O7S/c1-2-28(7-9-30)37(34,35)15-5-3-14(4-6-15)26-27-18-17(21(22,23)24)16(13-25)19(32)29(20(18)33)8-11-36-12-10-31/h3-6,30-31,33H,2,7-12H2,1H3/b27-26+. The van der Waals surface area contributed by atoms with Crippen LogP contribution in [-0.4, -0.2) is 72.1 Å². The van der Waals surface area contributed by atoms with Gasteiger partial charge in [-0.3, -0.25) is 9.36 Å². The average Bonchev–Trinajstić information content (AvgIpc) is 2.85. The molecule has 0 radical (unpaired) electrons. The first-order valence-corrected chi connectivity index (χ1v) is 12.2. The number of likely N-dealkylation sites (N-methyl/N-ethyl adjacent to an activating group) is 1. The Labute approximate surface area is 209 Å². The van der Waals surface area contributed by atoms with Crippen molar-refractivity contribution in [2.75, 3.05) is 39.5 Å². The molecular weight excluding hydrogens is 523 g/mol. The molecule has 0 spiro atoms. The SMILES string of the molecule is CCN(CCO)S(=O)(=O)c1ccc(/N=N/c2c(C(F)(F)F)c(C#N)c(=O)n(CCOCCO)c2O)cc1. The molecule has 3 N–H and O–H groups in total. The Morgan fingerprint density at radius 3 is 2.30 bits per heavy atom. The van der Waals surface area contributed by atoms with E-state index >= 15 is 0 Å². The van der Waals surface area contributed by atoms with Crippen LogP contribution in [0.3, 0.4) is 0 Å². The molecule has 16 heteroatoms. The van der Waals surface area contributed by atoms with Crippen molar-refractivity contribution in [3.05, 3.63) is 45.7 Å². The molecule has 2 aromatic rings. The Bertz CT molecular complexity index is 1320. The molecule has 0 aliphatic rings. The number of rotatable bonds is 12. The first-order valence-electron chi connectivity index (χ1n) is 10.7. The minimum atomic E-state index is -5.25. The number of ether oxygens (including phenoxy) is 1. The minimum Gasteiger partial charge on any atom is -0.493 e. The molecule has 0 aliphatic heterocycles.